The molecule has 1 unspecified atom stereocenters. The van der Waals surface area contributed by atoms with Crippen molar-refractivity contribution in [3.8, 4) is 0 Å². The van der Waals surface area contributed by atoms with Crippen LogP contribution in [0.3, 0.4) is 0 Å². The van der Waals surface area contributed by atoms with Crippen molar-refractivity contribution in [1.29, 1.82) is 0 Å². The molecule has 0 aliphatic rings. The number of hydrogen-bond donors (Lipinski definition) is 1. The van der Waals surface area contributed by atoms with Gasteiger partial charge in [0, 0.05) is 25.8 Å². The van der Waals surface area contributed by atoms with Crippen molar-refractivity contribution >= 4 is 5.69 Å². The maximum absolute atomic E-state index is 4.24. The van der Waals surface area contributed by atoms with E-state index in [1.54, 1.807) is 0 Å². The Kier molecular flexibility index (Phi) is 5.98. The van der Waals surface area contributed by atoms with Crippen LogP contribution in [0.2, 0.25) is 0 Å². The third-order valence-electron chi connectivity index (χ3n) is 3.26. The van der Waals surface area contributed by atoms with Crippen LogP contribution in [0.4, 0.5) is 5.69 Å². The molecule has 1 aromatic rings. The highest BCUT2D eigenvalue weighted by Gasteiger charge is 2.11. The largest absolute Gasteiger partial charge is 0.370 e. The summed E-state index contributed by atoms with van der Waals surface area (Å²) in [6.07, 6.45) is 6.15. The summed E-state index contributed by atoms with van der Waals surface area (Å²) in [5, 5.41) is 3.45. The van der Waals surface area contributed by atoms with Gasteiger partial charge in [0.05, 0.1) is 11.9 Å². The molecule has 0 radical (unpaired) electrons. The van der Waals surface area contributed by atoms with Crippen LogP contribution < -0.4 is 10.2 Å². The molecule has 3 nitrogen and oxygen atoms in total. The van der Waals surface area contributed by atoms with Gasteiger partial charge in [-0.05, 0) is 37.9 Å². The van der Waals surface area contributed by atoms with Crippen molar-refractivity contribution in [2.45, 2.75) is 46.2 Å². The maximum Gasteiger partial charge on any atom is 0.0598 e. The van der Waals surface area contributed by atoms with E-state index in [1.165, 1.54) is 17.7 Å². The van der Waals surface area contributed by atoms with Crippen LogP contribution in [0, 0.1) is 0 Å². The Labute approximate surface area is 105 Å². The monoisotopic (exact) mass is 235 g/mol. The predicted octanol–water partition coefficient (Wildman–Crippen LogP) is 2.82. The highest BCUT2D eigenvalue weighted by molar-refractivity contribution is 5.51. The first kappa shape index (κ1) is 14.0. The highest BCUT2D eigenvalue weighted by atomic mass is 15.1. The van der Waals surface area contributed by atoms with Crippen LogP contribution in [0.1, 0.15) is 39.2 Å². The Morgan fingerprint density at radius 1 is 1.41 bits per heavy atom. The average molecular weight is 235 g/mol. The van der Waals surface area contributed by atoms with Gasteiger partial charge in [0.2, 0.25) is 0 Å². The van der Waals surface area contributed by atoms with E-state index >= 15 is 0 Å². The summed E-state index contributed by atoms with van der Waals surface area (Å²) in [6, 6.07) is 2.65. The Balaban J connectivity index is 2.76. The molecule has 0 saturated carbocycles. The first-order chi connectivity index (χ1) is 8.20. The fraction of sp³-hybridized carbons (Fsp3) is 0.643. The summed E-state index contributed by atoms with van der Waals surface area (Å²) >= 11 is 0. The lowest BCUT2D eigenvalue weighted by Crippen LogP contribution is -2.29. The van der Waals surface area contributed by atoms with Gasteiger partial charge in [-0.2, -0.15) is 0 Å². The second-order valence-electron chi connectivity index (χ2n) is 4.55. The number of nitrogens with zero attached hydrogens (tertiary/aromatic N) is 2. The van der Waals surface area contributed by atoms with Crippen LogP contribution in [-0.4, -0.2) is 24.6 Å². The molecule has 96 valence electrons. The standard InChI is InChI=1S/C14H25N3/c1-5-8-15-10-13-7-9-16-11-14(13)17(4)12(3)6-2/h7,9,11-12,15H,5-6,8,10H2,1-4H3. The summed E-state index contributed by atoms with van der Waals surface area (Å²) in [7, 11) is 2.15. The van der Waals surface area contributed by atoms with Crippen LogP contribution in [0.25, 0.3) is 0 Å². The van der Waals surface area contributed by atoms with Gasteiger partial charge >= 0.3 is 0 Å². The number of nitrogens with one attached hydrogen (secondary N) is 1. The zero-order valence-corrected chi connectivity index (χ0v) is 11.5. The van der Waals surface area contributed by atoms with Crippen LogP contribution in [-0.2, 0) is 6.54 Å². The Bertz CT molecular complexity index is 325. The molecule has 0 spiro atoms. The van der Waals surface area contributed by atoms with Crippen molar-refractivity contribution in [3.05, 3.63) is 24.0 Å². The van der Waals surface area contributed by atoms with Gasteiger partial charge in [0.25, 0.3) is 0 Å². The van der Waals surface area contributed by atoms with Crippen LogP contribution in [0.15, 0.2) is 18.5 Å². The van der Waals surface area contributed by atoms with Gasteiger partial charge < -0.3 is 10.2 Å². The fourth-order valence-electron chi connectivity index (χ4n) is 1.79. The molecule has 0 aliphatic heterocycles. The van der Waals surface area contributed by atoms with E-state index in [2.05, 4.69) is 49.1 Å². The van der Waals surface area contributed by atoms with E-state index in [4.69, 9.17) is 0 Å². The molecule has 1 rings (SSSR count). The third kappa shape index (κ3) is 4.00. The normalized spacial score (nSPS) is 12.5. The molecule has 1 aromatic heterocycles. The lowest BCUT2D eigenvalue weighted by Gasteiger charge is -2.28. The molecular formula is C14H25N3. The molecule has 3 heteroatoms. The zero-order chi connectivity index (χ0) is 12.7. The van der Waals surface area contributed by atoms with E-state index in [9.17, 15) is 0 Å². The molecular weight excluding hydrogens is 210 g/mol. The Morgan fingerprint density at radius 2 is 2.18 bits per heavy atom. The van der Waals surface area contributed by atoms with Gasteiger partial charge in [-0.15, -0.1) is 0 Å². The van der Waals surface area contributed by atoms with E-state index in [0.29, 0.717) is 6.04 Å². The Hall–Kier alpha value is -1.09. The molecule has 17 heavy (non-hydrogen) atoms. The van der Waals surface area contributed by atoms with E-state index < -0.39 is 0 Å². The van der Waals surface area contributed by atoms with Gasteiger partial charge in [0.1, 0.15) is 0 Å². The number of rotatable bonds is 7. The van der Waals surface area contributed by atoms with Crippen LogP contribution >= 0.6 is 0 Å². The van der Waals surface area contributed by atoms with Gasteiger partial charge in [0.15, 0.2) is 0 Å². The van der Waals surface area contributed by atoms with E-state index in [-0.39, 0.29) is 0 Å². The average Bonchev–Trinajstić information content (AvgIpc) is 2.38. The number of pyridine rings is 1. The molecule has 0 aromatic carbocycles. The molecule has 0 aliphatic carbocycles. The minimum absolute atomic E-state index is 0.545. The molecule has 1 atom stereocenters. The lowest BCUT2D eigenvalue weighted by molar-refractivity contribution is 0.646. The molecule has 0 fully saturated rings. The molecule has 0 bridgehead atoms. The first-order valence-corrected chi connectivity index (χ1v) is 6.57. The number of aromatic nitrogens is 1. The summed E-state index contributed by atoms with van der Waals surface area (Å²) in [5.41, 5.74) is 2.57. The fourth-order valence-corrected chi connectivity index (χ4v) is 1.79. The summed E-state index contributed by atoms with van der Waals surface area (Å²) in [5.74, 6) is 0. The predicted molar refractivity (Wildman–Crippen MR) is 74.4 cm³/mol. The van der Waals surface area contributed by atoms with Crippen molar-refractivity contribution < 1.29 is 0 Å². The quantitative estimate of drug-likeness (QED) is 0.737. The molecule has 1 N–H and O–H groups in total. The van der Waals surface area contributed by atoms with Gasteiger partial charge in [-0.25, -0.2) is 0 Å². The molecule has 0 saturated heterocycles. The number of anilines is 1. The van der Waals surface area contributed by atoms with Crippen molar-refractivity contribution in [2.24, 2.45) is 0 Å². The van der Waals surface area contributed by atoms with Gasteiger partial charge in [-0.1, -0.05) is 13.8 Å². The third-order valence-corrected chi connectivity index (χ3v) is 3.26. The SMILES string of the molecule is CCCNCc1ccncc1N(C)C(C)CC. The maximum atomic E-state index is 4.24. The van der Waals surface area contributed by atoms with Crippen molar-refractivity contribution in [3.63, 3.8) is 0 Å². The first-order valence-electron chi connectivity index (χ1n) is 6.57. The topological polar surface area (TPSA) is 28.2 Å². The minimum Gasteiger partial charge on any atom is -0.370 e. The summed E-state index contributed by atoms with van der Waals surface area (Å²) < 4.78 is 0. The number of hydrogen-bond acceptors (Lipinski definition) is 3. The summed E-state index contributed by atoms with van der Waals surface area (Å²) in [6.45, 7) is 8.63. The zero-order valence-electron chi connectivity index (χ0n) is 11.5. The lowest BCUT2D eigenvalue weighted by atomic mass is 10.1. The van der Waals surface area contributed by atoms with E-state index in [1.807, 2.05) is 12.4 Å². The van der Waals surface area contributed by atoms with Crippen molar-refractivity contribution in [2.75, 3.05) is 18.5 Å². The van der Waals surface area contributed by atoms with Crippen molar-refractivity contribution in [1.82, 2.24) is 10.3 Å². The molecule has 1 heterocycles. The van der Waals surface area contributed by atoms with Crippen LogP contribution in [0.5, 0.6) is 0 Å². The Morgan fingerprint density at radius 3 is 2.82 bits per heavy atom. The summed E-state index contributed by atoms with van der Waals surface area (Å²) in [4.78, 5) is 6.56. The highest BCUT2D eigenvalue weighted by Crippen LogP contribution is 2.20. The minimum atomic E-state index is 0.545. The smallest absolute Gasteiger partial charge is 0.0598 e. The van der Waals surface area contributed by atoms with Gasteiger partial charge in [-0.3, -0.25) is 4.98 Å². The second-order valence-corrected chi connectivity index (χ2v) is 4.55. The second kappa shape index (κ2) is 7.28. The molecule has 0 amide bonds. The van der Waals surface area contributed by atoms with E-state index in [0.717, 1.165) is 19.5 Å².